The largest absolute Gasteiger partial charge is 0.385 e. The number of hydrogen-bond donors (Lipinski definition) is 1. The molecule has 1 saturated heterocycles. The normalized spacial score (nSPS) is 29.1. The van der Waals surface area contributed by atoms with Gasteiger partial charge in [-0.05, 0) is 31.7 Å². The van der Waals surface area contributed by atoms with E-state index in [9.17, 15) is 0 Å². The summed E-state index contributed by atoms with van der Waals surface area (Å²) in [4.78, 5) is 0. The van der Waals surface area contributed by atoms with Crippen LogP contribution in [0.1, 0.15) is 19.3 Å². The summed E-state index contributed by atoms with van der Waals surface area (Å²) in [5.41, 5.74) is 0. The van der Waals surface area contributed by atoms with Crippen molar-refractivity contribution in [2.75, 3.05) is 34.0 Å². The van der Waals surface area contributed by atoms with Gasteiger partial charge in [0.1, 0.15) is 0 Å². The summed E-state index contributed by atoms with van der Waals surface area (Å²) in [7, 11) is 3.54. The van der Waals surface area contributed by atoms with Crippen LogP contribution in [-0.4, -0.2) is 40.0 Å². The molecule has 0 aromatic heterocycles. The Balaban J connectivity index is 2.16. The van der Waals surface area contributed by atoms with Crippen molar-refractivity contribution in [1.82, 2.24) is 5.32 Å². The molecule has 1 aliphatic rings. The van der Waals surface area contributed by atoms with E-state index in [2.05, 4.69) is 5.32 Å². The van der Waals surface area contributed by atoms with Crippen molar-refractivity contribution in [3.8, 4) is 0 Å². The Morgan fingerprint density at radius 1 is 1.31 bits per heavy atom. The second-order valence-corrected chi connectivity index (χ2v) is 3.78. The molecule has 0 aromatic carbocycles. The average Bonchev–Trinajstić information content (AvgIpc) is 2.16. The van der Waals surface area contributed by atoms with Crippen molar-refractivity contribution in [3.63, 3.8) is 0 Å². The van der Waals surface area contributed by atoms with Gasteiger partial charge in [0.15, 0.2) is 0 Å². The Morgan fingerprint density at radius 3 is 2.85 bits per heavy atom. The highest BCUT2D eigenvalue weighted by Gasteiger charge is 2.20. The van der Waals surface area contributed by atoms with Gasteiger partial charge in [0.05, 0.1) is 6.61 Å². The van der Waals surface area contributed by atoms with Crippen molar-refractivity contribution in [1.29, 1.82) is 0 Å². The zero-order chi connectivity index (χ0) is 9.52. The van der Waals surface area contributed by atoms with Crippen molar-refractivity contribution in [2.45, 2.75) is 25.3 Å². The Morgan fingerprint density at radius 2 is 2.15 bits per heavy atom. The molecule has 1 fully saturated rings. The average molecular weight is 187 g/mol. The number of methoxy groups -OCH3 is 2. The molecule has 0 aromatic rings. The van der Waals surface area contributed by atoms with Gasteiger partial charge in [-0.2, -0.15) is 0 Å². The molecule has 2 atom stereocenters. The predicted octanol–water partition coefficient (Wildman–Crippen LogP) is 1.04. The van der Waals surface area contributed by atoms with Gasteiger partial charge in [-0.15, -0.1) is 0 Å². The number of hydrogen-bond acceptors (Lipinski definition) is 3. The van der Waals surface area contributed by atoms with Crippen LogP contribution in [-0.2, 0) is 9.47 Å². The fourth-order valence-corrected chi connectivity index (χ4v) is 1.97. The highest BCUT2D eigenvalue weighted by atomic mass is 16.5. The van der Waals surface area contributed by atoms with E-state index in [4.69, 9.17) is 9.47 Å². The number of piperidine rings is 1. The molecule has 0 bridgehead atoms. The van der Waals surface area contributed by atoms with Crippen molar-refractivity contribution < 1.29 is 9.47 Å². The standard InChI is InChI=1S/C10H21NO2/c1-12-6-4-9-3-5-11-10(7-9)8-13-2/h9-11H,3-8H2,1-2H3. The first-order valence-electron chi connectivity index (χ1n) is 5.08. The highest BCUT2D eigenvalue weighted by Crippen LogP contribution is 2.19. The van der Waals surface area contributed by atoms with E-state index in [0.29, 0.717) is 6.04 Å². The Hall–Kier alpha value is -0.120. The Labute approximate surface area is 80.8 Å². The third kappa shape index (κ3) is 4.07. The van der Waals surface area contributed by atoms with E-state index in [0.717, 1.165) is 25.7 Å². The lowest BCUT2D eigenvalue weighted by molar-refractivity contribution is 0.121. The van der Waals surface area contributed by atoms with Crippen LogP contribution >= 0.6 is 0 Å². The van der Waals surface area contributed by atoms with E-state index in [1.165, 1.54) is 19.3 Å². The fourth-order valence-electron chi connectivity index (χ4n) is 1.97. The number of rotatable bonds is 5. The molecule has 78 valence electrons. The minimum absolute atomic E-state index is 0.556. The topological polar surface area (TPSA) is 30.5 Å². The minimum atomic E-state index is 0.556. The third-order valence-electron chi connectivity index (χ3n) is 2.70. The highest BCUT2D eigenvalue weighted by molar-refractivity contribution is 4.77. The lowest BCUT2D eigenvalue weighted by Gasteiger charge is -2.29. The second kappa shape index (κ2) is 6.35. The van der Waals surface area contributed by atoms with Crippen LogP contribution in [0.2, 0.25) is 0 Å². The monoisotopic (exact) mass is 187 g/mol. The van der Waals surface area contributed by atoms with Crippen LogP contribution in [0.5, 0.6) is 0 Å². The molecule has 0 amide bonds. The van der Waals surface area contributed by atoms with Crippen molar-refractivity contribution in [2.24, 2.45) is 5.92 Å². The van der Waals surface area contributed by atoms with Gasteiger partial charge in [-0.1, -0.05) is 0 Å². The van der Waals surface area contributed by atoms with Gasteiger partial charge in [0.2, 0.25) is 0 Å². The molecular formula is C10H21NO2. The summed E-state index contributed by atoms with van der Waals surface area (Å²) in [6, 6.07) is 0.556. The van der Waals surface area contributed by atoms with Gasteiger partial charge >= 0.3 is 0 Å². The van der Waals surface area contributed by atoms with E-state index in [1.54, 1.807) is 14.2 Å². The Bertz CT molecular complexity index is 128. The van der Waals surface area contributed by atoms with E-state index >= 15 is 0 Å². The number of ether oxygens (including phenoxy) is 2. The molecule has 0 aliphatic carbocycles. The third-order valence-corrected chi connectivity index (χ3v) is 2.70. The molecule has 3 nitrogen and oxygen atoms in total. The molecule has 0 radical (unpaired) electrons. The summed E-state index contributed by atoms with van der Waals surface area (Å²) in [5.74, 6) is 0.821. The summed E-state index contributed by atoms with van der Waals surface area (Å²) in [6.45, 7) is 2.86. The maximum Gasteiger partial charge on any atom is 0.0615 e. The minimum Gasteiger partial charge on any atom is -0.385 e. The molecule has 0 spiro atoms. The lowest BCUT2D eigenvalue weighted by atomic mass is 9.90. The van der Waals surface area contributed by atoms with Crippen LogP contribution in [0.4, 0.5) is 0 Å². The summed E-state index contributed by atoms with van der Waals surface area (Å²) in [6.07, 6.45) is 3.71. The molecular weight excluding hydrogens is 166 g/mol. The molecule has 0 saturated carbocycles. The molecule has 1 heterocycles. The van der Waals surface area contributed by atoms with Gasteiger partial charge in [0, 0.05) is 26.9 Å². The fraction of sp³-hybridized carbons (Fsp3) is 1.00. The molecule has 3 heteroatoms. The van der Waals surface area contributed by atoms with Gasteiger partial charge < -0.3 is 14.8 Å². The summed E-state index contributed by atoms with van der Waals surface area (Å²) >= 11 is 0. The Kier molecular flexibility index (Phi) is 5.35. The second-order valence-electron chi connectivity index (χ2n) is 3.78. The first kappa shape index (κ1) is 11.0. The molecule has 13 heavy (non-hydrogen) atoms. The summed E-state index contributed by atoms with van der Waals surface area (Å²) < 4.78 is 10.2. The first-order chi connectivity index (χ1) is 6.36. The van der Waals surface area contributed by atoms with Crippen LogP contribution in [0, 0.1) is 5.92 Å². The van der Waals surface area contributed by atoms with E-state index < -0.39 is 0 Å². The summed E-state index contributed by atoms with van der Waals surface area (Å²) in [5, 5.41) is 3.46. The molecule has 1 rings (SSSR count). The van der Waals surface area contributed by atoms with Gasteiger partial charge in [0.25, 0.3) is 0 Å². The first-order valence-corrected chi connectivity index (χ1v) is 5.08. The van der Waals surface area contributed by atoms with Crippen molar-refractivity contribution in [3.05, 3.63) is 0 Å². The smallest absolute Gasteiger partial charge is 0.0615 e. The molecule has 1 aliphatic heterocycles. The van der Waals surface area contributed by atoms with Gasteiger partial charge in [-0.25, -0.2) is 0 Å². The van der Waals surface area contributed by atoms with Crippen molar-refractivity contribution >= 4 is 0 Å². The number of nitrogens with one attached hydrogen (secondary N) is 1. The van der Waals surface area contributed by atoms with Crippen LogP contribution in [0.15, 0.2) is 0 Å². The van der Waals surface area contributed by atoms with Gasteiger partial charge in [-0.3, -0.25) is 0 Å². The predicted molar refractivity (Wildman–Crippen MR) is 52.9 cm³/mol. The van der Waals surface area contributed by atoms with E-state index in [1.807, 2.05) is 0 Å². The molecule has 1 N–H and O–H groups in total. The maximum atomic E-state index is 5.14. The zero-order valence-corrected chi connectivity index (χ0v) is 8.71. The quantitative estimate of drug-likeness (QED) is 0.697. The zero-order valence-electron chi connectivity index (χ0n) is 8.71. The van der Waals surface area contributed by atoms with Crippen LogP contribution in [0.3, 0.4) is 0 Å². The maximum absolute atomic E-state index is 5.14. The molecule has 2 unspecified atom stereocenters. The van der Waals surface area contributed by atoms with Crippen LogP contribution < -0.4 is 5.32 Å². The SMILES string of the molecule is COCCC1CCNC(COC)C1. The lowest BCUT2D eigenvalue weighted by Crippen LogP contribution is -2.41. The van der Waals surface area contributed by atoms with E-state index in [-0.39, 0.29) is 0 Å². The van der Waals surface area contributed by atoms with Crippen LogP contribution in [0.25, 0.3) is 0 Å².